The molecular weight excluding hydrogens is 130 g/mol. The first-order valence-electron chi connectivity index (χ1n) is 3.50. The molecule has 0 amide bonds. The molecule has 0 saturated heterocycles. The Kier molecular flexibility index (Phi) is 8.77. The van der Waals surface area contributed by atoms with Crippen molar-refractivity contribution < 1.29 is 10.1 Å². The molecule has 3 heteroatoms. The van der Waals surface area contributed by atoms with E-state index in [1.165, 1.54) is 0 Å². The van der Waals surface area contributed by atoms with Crippen LogP contribution in [0.15, 0.2) is 0 Å². The minimum Gasteiger partial charge on any atom is -0.330 e. The molecular formula is C7H19NO2. The SMILES string of the molecule is CC(C)(C)OO.CCCN. The van der Waals surface area contributed by atoms with Crippen LogP contribution in [0, 0.1) is 0 Å². The summed E-state index contributed by atoms with van der Waals surface area (Å²) in [6.07, 6.45) is 1.10. The predicted molar refractivity (Wildman–Crippen MR) is 42.8 cm³/mol. The van der Waals surface area contributed by atoms with Gasteiger partial charge in [0.25, 0.3) is 0 Å². The average Bonchev–Trinajstić information content (AvgIpc) is 1.87. The lowest BCUT2D eigenvalue weighted by atomic mass is 10.2. The molecule has 10 heavy (non-hydrogen) atoms. The molecule has 0 bridgehead atoms. The predicted octanol–water partition coefficient (Wildman–Crippen LogP) is 1.63. The third-order valence-corrected chi connectivity index (χ3v) is 0.563. The van der Waals surface area contributed by atoms with Crippen LogP contribution in [-0.4, -0.2) is 17.4 Å². The van der Waals surface area contributed by atoms with E-state index < -0.39 is 5.60 Å². The minimum absolute atomic E-state index is 0.403. The van der Waals surface area contributed by atoms with Gasteiger partial charge in [-0.15, -0.1) is 0 Å². The molecule has 0 atom stereocenters. The second-order valence-electron chi connectivity index (χ2n) is 2.99. The lowest BCUT2D eigenvalue weighted by Crippen LogP contribution is -2.15. The van der Waals surface area contributed by atoms with Gasteiger partial charge in [-0.1, -0.05) is 6.92 Å². The highest BCUT2D eigenvalue weighted by atomic mass is 17.1. The van der Waals surface area contributed by atoms with Crippen LogP contribution in [0.1, 0.15) is 34.1 Å². The van der Waals surface area contributed by atoms with Crippen LogP contribution in [0.5, 0.6) is 0 Å². The highest BCUT2D eigenvalue weighted by Gasteiger charge is 2.06. The van der Waals surface area contributed by atoms with Crippen molar-refractivity contribution in [1.29, 1.82) is 0 Å². The average molecular weight is 149 g/mol. The van der Waals surface area contributed by atoms with E-state index in [-0.39, 0.29) is 0 Å². The van der Waals surface area contributed by atoms with E-state index in [2.05, 4.69) is 11.8 Å². The fourth-order valence-corrected chi connectivity index (χ4v) is 0. The topological polar surface area (TPSA) is 55.5 Å². The first-order chi connectivity index (χ1) is 4.47. The molecule has 0 aliphatic heterocycles. The van der Waals surface area contributed by atoms with Crippen molar-refractivity contribution in [3.63, 3.8) is 0 Å². The molecule has 0 rings (SSSR count). The van der Waals surface area contributed by atoms with E-state index in [4.69, 9.17) is 11.0 Å². The van der Waals surface area contributed by atoms with Crippen molar-refractivity contribution >= 4 is 0 Å². The van der Waals surface area contributed by atoms with Gasteiger partial charge in [-0.05, 0) is 33.7 Å². The summed E-state index contributed by atoms with van der Waals surface area (Å²) in [7, 11) is 0. The summed E-state index contributed by atoms with van der Waals surface area (Å²) in [6, 6.07) is 0. The molecule has 0 fully saturated rings. The van der Waals surface area contributed by atoms with E-state index in [0.717, 1.165) is 13.0 Å². The Bertz CT molecular complexity index is 57.1. The molecule has 0 aromatic heterocycles. The molecule has 3 N–H and O–H groups in total. The smallest absolute Gasteiger partial charge is 0.0949 e. The van der Waals surface area contributed by atoms with Gasteiger partial charge in [-0.2, -0.15) is 0 Å². The Hall–Kier alpha value is -0.120. The molecule has 0 aromatic rings. The maximum atomic E-state index is 7.90. The van der Waals surface area contributed by atoms with Crippen LogP contribution in [0.2, 0.25) is 0 Å². The second kappa shape index (κ2) is 6.99. The third kappa shape index (κ3) is 24.8. The lowest BCUT2D eigenvalue weighted by molar-refractivity contribution is -0.306. The second-order valence-corrected chi connectivity index (χ2v) is 2.99. The quantitative estimate of drug-likeness (QED) is 0.440. The van der Waals surface area contributed by atoms with Crippen molar-refractivity contribution in [2.45, 2.75) is 39.7 Å². The van der Waals surface area contributed by atoms with Crippen molar-refractivity contribution in [1.82, 2.24) is 0 Å². The van der Waals surface area contributed by atoms with Crippen LogP contribution >= 0.6 is 0 Å². The maximum absolute atomic E-state index is 7.90. The zero-order chi connectivity index (χ0) is 8.62. The Morgan fingerprint density at radius 3 is 1.60 bits per heavy atom. The summed E-state index contributed by atoms with van der Waals surface area (Å²) in [5.74, 6) is 0. The summed E-state index contributed by atoms with van der Waals surface area (Å²) in [5, 5.41) is 7.90. The minimum atomic E-state index is -0.403. The zero-order valence-electron chi connectivity index (χ0n) is 7.35. The van der Waals surface area contributed by atoms with Crippen molar-refractivity contribution in [2.75, 3.05) is 6.54 Å². The fraction of sp³-hybridized carbons (Fsp3) is 1.00. The summed E-state index contributed by atoms with van der Waals surface area (Å²) >= 11 is 0. The monoisotopic (exact) mass is 149 g/mol. The Balaban J connectivity index is 0. The van der Waals surface area contributed by atoms with Gasteiger partial charge < -0.3 is 5.73 Å². The summed E-state index contributed by atoms with van der Waals surface area (Å²) in [4.78, 5) is 3.94. The molecule has 3 nitrogen and oxygen atoms in total. The number of rotatable bonds is 1. The Labute approximate surface area is 63.1 Å². The molecule has 0 heterocycles. The lowest BCUT2D eigenvalue weighted by Gasteiger charge is -2.10. The molecule has 0 aliphatic rings. The molecule has 0 aliphatic carbocycles. The van der Waals surface area contributed by atoms with Crippen LogP contribution in [0.4, 0.5) is 0 Å². The van der Waals surface area contributed by atoms with Crippen LogP contribution in [0.25, 0.3) is 0 Å². The maximum Gasteiger partial charge on any atom is 0.0949 e. The standard InChI is InChI=1S/C4H10O2.C3H9N/c1-4(2,3)6-5;1-2-3-4/h5H,1-3H3;2-4H2,1H3. The van der Waals surface area contributed by atoms with Gasteiger partial charge in [0, 0.05) is 0 Å². The normalized spacial score (nSPS) is 10.2. The van der Waals surface area contributed by atoms with E-state index in [1.807, 2.05) is 0 Å². The van der Waals surface area contributed by atoms with Gasteiger partial charge >= 0.3 is 0 Å². The van der Waals surface area contributed by atoms with Crippen LogP contribution < -0.4 is 5.73 Å². The highest BCUT2D eigenvalue weighted by Crippen LogP contribution is 2.01. The van der Waals surface area contributed by atoms with E-state index in [9.17, 15) is 0 Å². The van der Waals surface area contributed by atoms with Gasteiger partial charge in [0.15, 0.2) is 0 Å². The molecule has 0 saturated carbocycles. The Morgan fingerprint density at radius 1 is 1.40 bits per heavy atom. The van der Waals surface area contributed by atoms with Crippen LogP contribution in [-0.2, 0) is 4.89 Å². The molecule has 0 spiro atoms. The van der Waals surface area contributed by atoms with Crippen molar-refractivity contribution in [2.24, 2.45) is 5.73 Å². The Morgan fingerprint density at radius 2 is 1.60 bits per heavy atom. The fourth-order valence-electron chi connectivity index (χ4n) is 0. The number of nitrogens with two attached hydrogens (primary N) is 1. The zero-order valence-corrected chi connectivity index (χ0v) is 7.35. The van der Waals surface area contributed by atoms with Crippen LogP contribution in [0.3, 0.4) is 0 Å². The van der Waals surface area contributed by atoms with Crippen molar-refractivity contribution in [3.05, 3.63) is 0 Å². The van der Waals surface area contributed by atoms with Gasteiger partial charge in [0.1, 0.15) is 0 Å². The number of hydrogen-bond acceptors (Lipinski definition) is 3. The van der Waals surface area contributed by atoms with Crippen molar-refractivity contribution in [3.8, 4) is 0 Å². The molecule has 0 radical (unpaired) electrons. The molecule has 64 valence electrons. The molecule has 0 aromatic carbocycles. The van der Waals surface area contributed by atoms with Gasteiger partial charge in [-0.25, -0.2) is 4.89 Å². The van der Waals surface area contributed by atoms with E-state index >= 15 is 0 Å². The van der Waals surface area contributed by atoms with E-state index in [0.29, 0.717) is 0 Å². The third-order valence-electron chi connectivity index (χ3n) is 0.563. The van der Waals surface area contributed by atoms with Gasteiger partial charge in [-0.3, -0.25) is 5.26 Å². The first-order valence-corrected chi connectivity index (χ1v) is 3.50. The largest absolute Gasteiger partial charge is 0.330 e. The first kappa shape index (κ1) is 12.5. The van der Waals surface area contributed by atoms with E-state index in [1.54, 1.807) is 20.8 Å². The number of hydrogen-bond donors (Lipinski definition) is 2. The summed E-state index contributed by atoms with van der Waals surface area (Å²) in [5.41, 5.74) is 4.62. The molecule has 0 unspecified atom stereocenters. The summed E-state index contributed by atoms with van der Waals surface area (Å²) < 4.78 is 0. The summed E-state index contributed by atoms with van der Waals surface area (Å²) in [6.45, 7) is 8.19. The highest BCUT2D eigenvalue weighted by molar-refractivity contribution is 4.53. The van der Waals surface area contributed by atoms with Gasteiger partial charge in [0.2, 0.25) is 0 Å². The van der Waals surface area contributed by atoms with Gasteiger partial charge in [0.05, 0.1) is 5.60 Å².